The van der Waals surface area contributed by atoms with Gasteiger partial charge >= 0.3 is 5.63 Å². The fourth-order valence-electron chi connectivity index (χ4n) is 6.18. The molecule has 3 heterocycles. The van der Waals surface area contributed by atoms with Gasteiger partial charge < -0.3 is 40.7 Å². The van der Waals surface area contributed by atoms with Gasteiger partial charge in [-0.1, -0.05) is 24.5 Å². The summed E-state index contributed by atoms with van der Waals surface area (Å²) >= 11 is 0. The molecule has 4 rings (SSSR count). The summed E-state index contributed by atoms with van der Waals surface area (Å²) in [5.74, 6) is 1.14. The lowest BCUT2D eigenvalue weighted by Gasteiger charge is -2.35. The third kappa shape index (κ3) is 9.05. The van der Waals surface area contributed by atoms with Crippen molar-refractivity contribution >= 4 is 11.0 Å². The summed E-state index contributed by atoms with van der Waals surface area (Å²) in [5.41, 5.74) is 2.44. The van der Waals surface area contributed by atoms with E-state index in [1.165, 1.54) is 75.3 Å². The summed E-state index contributed by atoms with van der Waals surface area (Å²) in [7, 11) is 1.58. The maximum atomic E-state index is 12.5. The molecule has 0 saturated carbocycles. The third-order valence-corrected chi connectivity index (χ3v) is 9.16. The minimum atomic E-state index is -0.428. The molecule has 0 unspecified atom stereocenters. The van der Waals surface area contributed by atoms with Crippen LogP contribution in [0.5, 0.6) is 11.5 Å². The predicted octanol–water partition coefficient (Wildman–Crippen LogP) is 2.86. The van der Waals surface area contributed by atoms with Crippen molar-refractivity contribution in [1.29, 1.82) is 0 Å². The minimum absolute atomic E-state index is 0. The van der Waals surface area contributed by atoms with Gasteiger partial charge in [0.2, 0.25) is 5.75 Å². The van der Waals surface area contributed by atoms with E-state index in [2.05, 4.69) is 56.3 Å². The Morgan fingerprint density at radius 2 is 1.74 bits per heavy atom. The monoisotopic (exact) mass is 661 g/mol. The van der Waals surface area contributed by atoms with Gasteiger partial charge in [-0.3, -0.25) is 0 Å². The topological polar surface area (TPSA) is 91.4 Å². The molecule has 1 N–H and O–H groups in total. The Balaban J connectivity index is 0.00000506. The smallest absolute Gasteiger partial charge is 0.336 e. The molecule has 0 spiro atoms. The first-order chi connectivity index (χ1) is 20.2. The van der Waals surface area contributed by atoms with Crippen LogP contribution in [-0.4, -0.2) is 64.9 Å². The molecule has 2 aromatic heterocycles. The molecule has 0 aliphatic carbocycles. The van der Waals surface area contributed by atoms with Crippen molar-refractivity contribution in [3.8, 4) is 11.5 Å². The van der Waals surface area contributed by atoms with Gasteiger partial charge in [0.1, 0.15) is 5.60 Å². The zero-order valence-electron chi connectivity index (χ0n) is 27.1. The summed E-state index contributed by atoms with van der Waals surface area (Å²) in [6, 6.07) is 3.60. The van der Waals surface area contributed by atoms with Gasteiger partial charge in [0.05, 0.1) is 51.7 Å². The molecule has 0 radical (unpaired) electrons. The molecule has 1 aliphatic heterocycles. The van der Waals surface area contributed by atoms with Crippen molar-refractivity contribution < 1.29 is 35.4 Å². The van der Waals surface area contributed by atoms with E-state index in [0.717, 1.165) is 41.6 Å². The lowest BCUT2D eigenvalue weighted by Crippen LogP contribution is -3.00. The van der Waals surface area contributed by atoms with Crippen LogP contribution in [0.25, 0.3) is 11.0 Å². The maximum absolute atomic E-state index is 12.5. The van der Waals surface area contributed by atoms with Gasteiger partial charge in [-0.05, 0) is 90.5 Å². The van der Waals surface area contributed by atoms with Crippen LogP contribution in [0.1, 0.15) is 96.4 Å². The number of rotatable bonds is 17. The number of hydrogen-bond acceptors (Lipinski definition) is 7. The number of aryl methyl sites for hydroxylation is 1. The number of unbranched alkanes of at least 4 members (excludes halogenated alkanes) is 5. The van der Waals surface area contributed by atoms with E-state index in [9.17, 15) is 4.79 Å². The van der Waals surface area contributed by atoms with Gasteiger partial charge in [-0.15, -0.1) is 5.10 Å². The normalized spacial score (nSPS) is 14.3. The van der Waals surface area contributed by atoms with E-state index < -0.39 is 5.63 Å². The highest BCUT2D eigenvalue weighted by Gasteiger charge is 2.31. The van der Waals surface area contributed by atoms with Crippen molar-refractivity contribution in [1.82, 2.24) is 20.3 Å². The van der Waals surface area contributed by atoms with E-state index in [0.29, 0.717) is 30.2 Å². The van der Waals surface area contributed by atoms with Crippen molar-refractivity contribution in [2.24, 2.45) is 0 Å². The Morgan fingerprint density at radius 1 is 1.05 bits per heavy atom. The fraction of sp³-hybridized carbons (Fsp3) is 0.667. The highest BCUT2D eigenvalue weighted by atomic mass is 79.9. The van der Waals surface area contributed by atoms with Crippen molar-refractivity contribution in [3.05, 3.63) is 45.6 Å². The third-order valence-electron chi connectivity index (χ3n) is 9.16. The zero-order valence-corrected chi connectivity index (χ0v) is 28.7. The molecule has 1 aliphatic rings. The molecule has 10 heteroatoms. The SMILES string of the molecule is CC[N+](CC)(CC)CCCCCCCCNCc1cn(Cc2cc(=O)oc3c(OC)c4c(cc23)CCC(C)(C)O4)nn1.[Br-]. The molecule has 0 bridgehead atoms. The zero-order chi connectivity index (χ0) is 30.2. The molecular weight excluding hydrogens is 610 g/mol. The molecule has 3 aromatic rings. The number of benzene rings is 1. The fourth-order valence-corrected chi connectivity index (χ4v) is 6.18. The van der Waals surface area contributed by atoms with Crippen LogP contribution in [0.3, 0.4) is 0 Å². The Hall–Kier alpha value is -2.43. The summed E-state index contributed by atoms with van der Waals surface area (Å²) in [5, 5.41) is 13.0. The average molecular weight is 663 g/mol. The number of ether oxygens (including phenoxy) is 2. The van der Waals surface area contributed by atoms with Gasteiger partial charge in [0.15, 0.2) is 11.3 Å². The number of hydrogen-bond donors (Lipinski definition) is 1. The number of nitrogens with one attached hydrogen (secondary N) is 1. The van der Waals surface area contributed by atoms with Gasteiger partial charge in [-0.2, -0.15) is 0 Å². The molecule has 9 nitrogen and oxygen atoms in total. The first kappa shape index (κ1) is 35.1. The predicted molar refractivity (Wildman–Crippen MR) is 167 cm³/mol. The molecule has 0 atom stereocenters. The van der Waals surface area contributed by atoms with Crippen LogP contribution >= 0.6 is 0 Å². The van der Waals surface area contributed by atoms with E-state index >= 15 is 0 Å². The van der Waals surface area contributed by atoms with Gasteiger partial charge in [-0.25, -0.2) is 9.48 Å². The highest BCUT2D eigenvalue weighted by molar-refractivity contribution is 5.89. The lowest BCUT2D eigenvalue weighted by atomic mass is 9.92. The number of fused-ring (bicyclic) bond motifs is 2. The van der Waals surface area contributed by atoms with Crippen LogP contribution in [0.2, 0.25) is 0 Å². The quantitative estimate of drug-likeness (QED) is 0.135. The standard InChI is InChI=1S/C33H52N5O4.BrH/c1-7-38(8-2,9-3)19-15-13-11-10-12-14-18-34-22-27-24-37(36-35-27)23-26-21-29(39)41-31-28(26)20-25-16-17-33(4,5)42-30(25)32(31)40-6;/h20-21,24,34H,7-19,22-23H2,1-6H3;1H/q+1;/p-1. The van der Waals surface area contributed by atoms with E-state index in [4.69, 9.17) is 13.9 Å². The summed E-state index contributed by atoms with van der Waals surface area (Å²) in [6.45, 7) is 18.2. The van der Waals surface area contributed by atoms with Crippen LogP contribution in [-0.2, 0) is 19.5 Å². The maximum Gasteiger partial charge on any atom is 0.336 e. The second-order valence-corrected chi connectivity index (χ2v) is 12.4. The summed E-state index contributed by atoms with van der Waals surface area (Å²) in [4.78, 5) is 12.5. The van der Waals surface area contributed by atoms with E-state index in [-0.39, 0.29) is 22.6 Å². The average Bonchev–Trinajstić information content (AvgIpc) is 3.42. The molecule has 1 aromatic carbocycles. The van der Waals surface area contributed by atoms with E-state index in [1.54, 1.807) is 11.8 Å². The highest BCUT2D eigenvalue weighted by Crippen LogP contribution is 2.45. The van der Waals surface area contributed by atoms with Gasteiger partial charge in [0.25, 0.3) is 0 Å². The number of nitrogens with zero attached hydrogens (tertiary/aromatic N) is 4. The Morgan fingerprint density at radius 3 is 2.44 bits per heavy atom. The van der Waals surface area contributed by atoms with Crippen molar-refractivity contribution in [2.75, 3.05) is 39.8 Å². The molecule has 0 amide bonds. The van der Waals surface area contributed by atoms with E-state index in [1.807, 2.05) is 6.20 Å². The van der Waals surface area contributed by atoms with Crippen molar-refractivity contribution in [3.63, 3.8) is 0 Å². The van der Waals surface area contributed by atoms with Crippen LogP contribution in [0.15, 0.2) is 27.5 Å². The van der Waals surface area contributed by atoms with Crippen molar-refractivity contribution in [2.45, 2.75) is 105 Å². The molecule has 240 valence electrons. The summed E-state index contributed by atoms with van der Waals surface area (Å²) in [6.07, 6.45) is 11.5. The number of methoxy groups -OCH3 is 1. The van der Waals surface area contributed by atoms with Gasteiger partial charge in [0, 0.05) is 18.0 Å². The molecular formula is C33H52BrN5O4. The Labute approximate surface area is 267 Å². The number of halogens is 1. The second-order valence-electron chi connectivity index (χ2n) is 12.4. The minimum Gasteiger partial charge on any atom is -1.00 e. The molecule has 43 heavy (non-hydrogen) atoms. The lowest BCUT2D eigenvalue weighted by molar-refractivity contribution is -0.923. The second kappa shape index (κ2) is 16.0. The van der Waals surface area contributed by atoms with Crippen LogP contribution in [0, 0.1) is 0 Å². The number of aromatic nitrogens is 3. The summed E-state index contributed by atoms with van der Waals surface area (Å²) < 4.78 is 20.6. The largest absolute Gasteiger partial charge is 1.00 e. The first-order valence-electron chi connectivity index (χ1n) is 16.0. The van der Waals surface area contributed by atoms with Crippen LogP contribution in [0.4, 0.5) is 0 Å². The van der Waals surface area contributed by atoms with Crippen LogP contribution < -0.4 is 37.4 Å². The molecule has 0 fully saturated rings. The molecule has 0 saturated heterocycles. The first-order valence-corrected chi connectivity index (χ1v) is 16.0. The number of quaternary nitrogens is 1. The Bertz CT molecular complexity index is 1360. The Kier molecular flexibility index (Phi) is 13.1.